The van der Waals surface area contributed by atoms with Gasteiger partial charge in [0.05, 0.1) is 23.7 Å². The lowest BCUT2D eigenvalue weighted by molar-refractivity contribution is -0.121. The number of aromatic nitrogens is 2. The molecule has 0 saturated carbocycles. The van der Waals surface area contributed by atoms with E-state index in [9.17, 15) is 9.18 Å². The van der Waals surface area contributed by atoms with E-state index < -0.39 is 5.82 Å². The Morgan fingerprint density at radius 3 is 2.32 bits per heavy atom. The number of hydrogen-bond acceptors (Lipinski definition) is 5. The van der Waals surface area contributed by atoms with Gasteiger partial charge in [-0.3, -0.25) is 4.79 Å². The Labute approximate surface area is 162 Å². The lowest BCUT2D eigenvalue weighted by Crippen LogP contribution is -2.20. The minimum Gasteiger partial charge on any atom is -0.421 e. The molecule has 144 valence electrons. The van der Waals surface area contributed by atoms with Crippen molar-refractivity contribution in [3.05, 3.63) is 77.4 Å². The van der Waals surface area contributed by atoms with Crippen molar-refractivity contribution in [1.29, 1.82) is 0 Å². The van der Waals surface area contributed by atoms with Crippen LogP contribution in [0.5, 0.6) is 11.8 Å². The highest BCUT2D eigenvalue weighted by molar-refractivity contribution is 5.92. The van der Waals surface area contributed by atoms with Crippen LogP contribution in [-0.4, -0.2) is 22.5 Å². The monoisotopic (exact) mass is 381 g/mol. The number of aryl methyl sites for hydroxylation is 2. The van der Waals surface area contributed by atoms with Crippen LogP contribution in [0.1, 0.15) is 17.0 Å². The molecule has 0 aliphatic rings. The van der Waals surface area contributed by atoms with E-state index in [1.165, 1.54) is 12.1 Å². The maximum Gasteiger partial charge on any atom is 0.322 e. The van der Waals surface area contributed by atoms with Crippen LogP contribution in [0.25, 0.3) is 0 Å². The van der Waals surface area contributed by atoms with Gasteiger partial charge in [-0.25, -0.2) is 4.39 Å². The number of ether oxygens (including phenoxy) is 2. The molecule has 0 radical (unpaired) electrons. The average Bonchev–Trinajstić information content (AvgIpc) is 2.67. The maximum absolute atomic E-state index is 13.7. The van der Waals surface area contributed by atoms with E-state index in [0.29, 0.717) is 23.7 Å². The summed E-state index contributed by atoms with van der Waals surface area (Å²) < 4.78 is 24.6. The molecular formula is C21H20FN3O3. The molecule has 3 aromatic rings. The zero-order chi connectivity index (χ0) is 19.9. The van der Waals surface area contributed by atoms with Gasteiger partial charge in [-0.1, -0.05) is 42.5 Å². The third-order valence-corrected chi connectivity index (χ3v) is 3.90. The zero-order valence-electron chi connectivity index (χ0n) is 15.6. The fraction of sp³-hybridized carbons (Fsp3) is 0.190. The summed E-state index contributed by atoms with van der Waals surface area (Å²) in [5.41, 5.74) is 2.49. The molecule has 28 heavy (non-hydrogen) atoms. The Balaban J connectivity index is 1.61. The topological polar surface area (TPSA) is 73.3 Å². The molecule has 7 heteroatoms. The van der Waals surface area contributed by atoms with Crippen LogP contribution in [0.15, 0.2) is 54.6 Å². The number of carbonyl (C=O) groups is 1. The first-order valence-electron chi connectivity index (χ1n) is 8.72. The third-order valence-electron chi connectivity index (χ3n) is 3.90. The molecule has 0 bridgehead atoms. The van der Waals surface area contributed by atoms with E-state index in [-0.39, 0.29) is 24.3 Å². The number of hydrogen-bond donors (Lipinski definition) is 1. The van der Waals surface area contributed by atoms with Crippen molar-refractivity contribution in [3.63, 3.8) is 0 Å². The molecule has 3 rings (SSSR count). The van der Waals surface area contributed by atoms with Gasteiger partial charge in [0, 0.05) is 0 Å². The van der Waals surface area contributed by atoms with Crippen LogP contribution in [0, 0.1) is 19.7 Å². The third kappa shape index (κ3) is 5.11. The van der Waals surface area contributed by atoms with Crippen LogP contribution in [-0.2, 0) is 16.1 Å². The maximum atomic E-state index is 13.7. The summed E-state index contributed by atoms with van der Waals surface area (Å²) >= 11 is 0. The highest BCUT2D eigenvalue weighted by Gasteiger charge is 2.14. The number of benzene rings is 2. The molecule has 6 nitrogen and oxygen atoms in total. The lowest BCUT2D eigenvalue weighted by Gasteiger charge is -2.13. The summed E-state index contributed by atoms with van der Waals surface area (Å²) in [6.07, 6.45) is 0. The Bertz CT molecular complexity index is 941. The second kappa shape index (κ2) is 9.05. The second-order valence-corrected chi connectivity index (χ2v) is 6.11. The van der Waals surface area contributed by atoms with Crippen LogP contribution >= 0.6 is 0 Å². The van der Waals surface area contributed by atoms with Crippen molar-refractivity contribution in [2.24, 2.45) is 0 Å². The first-order valence-corrected chi connectivity index (χ1v) is 8.72. The van der Waals surface area contributed by atoms with Crippen LogP contribution in [0.3, 0.4) is 0 Å². The van der Waals surface area contributed by atoms with Crippen molar-refractivity contribution < 1.29 is 18.7 Å². The largest absolute Gasteiger partial charge is 0.421 e. The predicted molar refractivity (Wildman–Crippen MR) is 103 cm³/mol. The van der Waals surface area contributed by atoms with Crippen molar-refractivity contribution in [3.8, 4) is 11.8 Å². The highest BCUT2D eigenvalue weighted by atomic mass is 19.1. The highest BCUT2D eigenvalue weighted by Crippen LogP contribution is 2.25. The SMILES string of the molecule is Cc1nc(Oc2ccccc2F)nc(C)c1NC(=O)COCc1ccccc1. The zero-order valence-corrected chi connectivity index (χ0v) is 15.6. The number of anilines is 1. The van der Waals surface area contributed by atoms with Gasteiger partial charge in [-0.15, -0.1) is 0 Å². The number of carbonyl (C=O) groups excluding carboxylic acids is 1. The standard InChI is InChI=1S/C21H20FN3O3/c1-14-20(25-19(26)13-27-12-16-8-4-3-5-9-16)15(2)24-21(23-14)28-18-11-7-6-10-17(18)22/h3-11H,12-13H2,1-2H3,(H,25,26). The molecule has 0 spiro atoms. The van der Waals surface area contributed by atoms with E-state index >= 15 is 0 Å². The van der Waals surface area contributed by atoms with Gasteiger partial charge in [0.25, 0.3) is 0 Å². The summed E-state index contributed by atoms with van der Waals surface area (Å²) in [5.74, 6) is -0.782. The van der Waals surface area contributed by atoms with Crippen LogP contribution in [0.4, 0.5) is 10.1 Å². The first-order chi connectivity index (χ1) is 13.5. The van der Waals surface area contributed by atoms with E-state index in [2.05, 4.69) is 15.3 Å². The predicted octanol–water partition coefficient (Wildman–Crippen LogP) is 4.18. The molecule has 1 aromatic heterocycles. The average molecular weight is 381 g/mol. The smallest absolute Gasteiger partial charge is 0.322 e. The molecular weight excluding hydrogens is 361 g/mol. The van der Waals surface area contributed by atoms with Crippen molar-refractivity contribution >= 4 is 11.6 Å². The van der Waals surface area contributed by atoms with Gasteiger partial charge in [0.15, 0.2) is 11.6 Å². The minimum atomic E-state index is -0.505. The molecule has 1 amide bonds. The Kier molecular flexibility index (Phi) is 6.29. The van der Waals surface area contributed by atoms with Gasteiger partial charge in [-0.2, -0.15) is 9.97 Å². The number of rotatable bonds is 7. The molecule has 0 unspecified atom stereocenters. The number of nitrogens with one attached hydrogen (secondary N) is 1. The molecule has 1 heterocycles. The Morgan fingerprint density at radius 1 is 1.00 bits per heavy atom. The van der Waals surface area contributed by atoms with E-state index in [4.69, 9.17) is 9.47 Å². The van der Waals surface area contributed by atoms with Crippen molar-refractivity contribution in [2.75, 3.05) is 11.9 Å². The molecule has 1 N–H and O–H groups in total. The molecule has 2 aromatic carbocycles. The lowest BCUT2D eigenvalue weighted by atomic mass is 10.2. The van der Waals surface area contributed by atoms with E-state index in [1.807, 2.05) is 30.3 Å². The van der Waals surface area contributed by atoms with Gasteiger partial charge < -0.3 is 14.8 Å². The minimum absolute atomic E-state index is 0.0124. The Hall–Kier alpha value is -3.32. The summed E-state index contributed by atoms with van der Waals surface area (Å²) in [7, 11) is 0. The fourth-order valence-corrected chi connectivity index (χ4v) is 2.55. The van der Waals surface area contributed by atoms with Gasteiger partial charge in [0.1, 0.15) is 6.61 Å². The number of halogens is 1. The van der Waals surface area contributed by atoms with Gasteiger partial charge in [-0.05, 0) is 31.5 Å². The van der Waals surface area contributed by atoms with E-state index in [1.54, 1.807) is 26.0 Å². The van der Waals surface area contributed by atoms with E-state index in [0.717, 1.165) is 5.56 Å². The van der Waals surface area contributed by atoms with Crippen molar-refractivity contribution in [2.45, 2.75) is 20.5 Å². The van der Waals surface area contributed by atoms with Gasteiger partial charge >= 0.3 is 6.01 Å². The summed E-state index contributed by atoms with van der Waals surface area (Å²) in [4.78, 5) is 20.5. The molecule has 0 saturated heterocycles. The number of amides is 1. The summed E-state index contributed by atoms with van der Waals surface area (Å²) in [6, 6.07) is 15.6. The quantitative estimate of drug-likeness (QED) is 0.665. The normalized spacial score (nSPS) is 10.5. The van der Waals surface area contributed by atoms with Crippen LogP contribution < -0.4 is 10.1 Å². The number of nitrogens with zero attached hydrogens (tertiary/aromatic N) is 2. The molecule has 0 atom stereocenters. The Morgan fingerprint density at radius 2 is 1.64 bits per heavy atom. The summed E-state index contributed by atoms with van der Waals surface area (Å²) in [5, 5.41) is 2.75. The second-order valence-electron chi connectivity index (χ2n) is 6.11. The molecule has 0 aliphatic heterocycles. The van der Waals surface area contributed by atoms with Crippen molar-refractivity contribution in [1.82, 2.24) is 9.97 Å². The molecule has 0 fully saturated rings. The van der Waals surface area contributed by atoms with Gasteiger partial charge in [0.2, 0.25) is 5.91 Å². The first kappa shape index (κ1) is 19.4. The fourth-order valence-electron chi connectivity index (χ4n) is 2.55. The molecule has 0 aliphatic carbocycles. The summed E-state index contributed by atoms with van der Waals surface area (Å²) in [6.45, 7) is 3.67. The number of para-hydroxylation sites is 1. The van der Waals surface area contributed by atoms with Crippen LogP contribution in [0.2, 0.25) is 0 Å².